The molecule has 0 bridgehead atoms. The second-order valence-corrected chi connectivity index (χ2v) is 7.06. The summed E-state index contributed by atoms with van der Waals surface area (Å²) < 4.78 is 22.1. The maximum absolute atomic E-state index is 11.9. The van der Waals surface area contributed by atoms with Crippen molar-refractivity contribution in [2.45, 2.75) is 19.4 Å². The fourth-order valence-corrected chi connectivity index (χ4v) is 2.38. The molecule has 0 heterocycles. The SMILES string of the molecule is Cc1c(NC(=O)C(N)CCS(C)(=O)=O)cccc1C(=O)O. The molecule has 0 saturated heterocycles. The number of carbonyl (C=O) groups is 2. The maximum Gasteiger partial charge on any atom is 0.336 e. The molecule has 1 atom stereocenters. The number of hydrogen-bond acceptors (Lipinski definition) is 5. The largest absolute Gasteiger partial charge is 0.478 e. The summed E-state index contributed by atoms with van der Waals surface area (Å²) in [6.07, 6.45) is 1.07. The van der Waals surface area contributed by atoms with Crippen LogP contribution in [0.3, 0.4) is 0 Å². The Morgan fingerprint density at radius 2 is 2.00 bits per heavy atom. The Bertz CT molecular complexity index is 655. The van der Waals surface area contributed by atoms with Gasteiger partial charge in [-0.2, -0.15) is 0 Å². The van der Waals surface area contributed by atoms with Gasteiger partial charge in [-0.3, -0.25) is 4.79 Å². The predicted octanol–water partition coefficient (Wildman–Crippen LogP) is 0.394. The Kier molecular flexibility index (Phi) is 5.45. The Balaban J connectivity index is 2.79. The van der Waals surface area contributed by atoms with Gasteiger partial charge in [-0.05, 0) is 31.0 Å². The number of anilines is 1. The molecule has 0 aliphatic heterocycles. The lowest BCUT2D eigenvalue weighted by Gasteiger charge is -2.14. The van der Waals surface area contributed by atoms with E-state index < -0.39 is 27.8 Å². The lowest BCUT2D eigenvalue weighted by atomic mass is 10.1. The van der Waals surface area contributed by atoms with Gasteiger partial charge >= 0.3 is 5.97 Å². The number of carbonyl (C=O) groups excluding carboxylic acids is 1. The van der Waals surface area contributed by atoms with Gasteiger partial charge in [-0.15, -0.1) is 0 Å². The maximum atomic E-state index is 11.9. The van der Waals surface area contributed by atoms with Crippen molar-refractivity contribution < 1.29 is 23.1 Å². The van der Waals surface area contributed by atoms with E-state index in [4.69, 9.17) is 10.8 Å². The number of sulfone groups is 1. The minimum Gasteiger partial charge on any atom is -0.478 e. The zero-order valence-electron chi connectivity index (χ0n) is 11.8. The van der Waals surface area contributed by atoms with Crippen molar-refractivity contribution in [2.75, 3.05) is 17.3 Å². The molecule has 116 valence electrons. The van der Waals surface area contributed by atoms with Gasteiger partial charge in [0, 0.05) is 11.9 Å². The first-order chi connectivity index (χ1) is 9.61. The van der Waals surface area contributed by atoms with Crippen molar-refractivity contribution in [1.29, 1.82) is 0 Å². The molecule has 1 unspecified atom stereocenters. The molecule has 4 N–H and O–H groups in total. The number of nitrogens with two attached hydrogens (primary N) is 1. The molecule has 0 aliphatic carbocycles. The Morgan fingerprint density at radius 3 is 2.52 bits per heavy atom. The van der Waals surface area contributed by atoms with Crippen LogP contribution in [0.15, 0.2) is 18.2 Å². The Labute approximate surface area is 123 Å². The van der Waals surface area contributed by atoms with Gasteiger partial charge in [0.15, 0.2) is 0 Å². The number of aromatic carboxylic acids is 1. The zero-order chi connectivity index (χ0) is 16.2. The van der Waals surface area contributed by atoms with Crippen molar-refractivity contribution in [3.63, 3.8) is 0 Å². The summed E-state index contributed by atoms with van der Waals surface area (Å²) in [6.45, 7) is 1.57. The summed E-state index contributed by atoms with van der Waals surface area (Å²) in [6, 6.07) is 3.51. The highest BCUT2D eigenvalue weighted by Gasteiger charge is 2.18. The van der Waals surface area contributed by atoms with Gasteiger partial charge in [0.25, 0.3) is 0 Å². The van der Waals surface area contributed by atoms with Crippen LogP contribution in [0.5, 0.6) is 0 Å². The highest BCUT2D eigenvalue weighted by Crippen LogP contribution is 2.19. The van der Waals surface area contributed by atoms with Crippen LogP contribution in [-0.2, 0) is 14.6 Å². The lowest BCUT2D eigenvalue weighted by molar-refractivity contribution is -0.117. The van der Waals surface area contributed by atoms with Gasteiger partial charge < -0.3 is 16.2 Å². The van der Waals surface area contributed by atoms with Crippen LogP contribution in [0.25, 0.3) is 0 Å². The number of amides is 1. The third-order valence-corrected chi connectivity index (χ3v) is 3.94. The molecule has 0 saturated carbocycles. The van der Waals surface area contributed by atoms with Gasteiger partial charge in [0.2, 0.25) is 5.91 Å². The van der Waals surface area contributed by atoms with Crippen molar-refractivity contribution in [3.05, 3.63) is 29.3 Å². The van der Waals surface area contributed by atoms with Gasteiger partial charge in [0.1, 0.15) is 9.84 Å². The smallest absolute Gasteiger partial charge is 0.336 e. The number of carboxylic acid groups (broad SMARTS) is 1. The molecule has 0 spiro atoms. The first kappa shape index (κ1) is 17.1. The molecular weight excluding hydrogens is 296 g/mol. The molecule has 7 nitrogen and oxygen atoms in total. The van der Waals surface area contributed by atoms with Gasteiger partial charge in [-0.25, -0.2) is 13.2 Å². The monoisotopic (exact) mass is 314 g/mol. The number of hydrogen-bond donors (Lipinski definition) is 3. The first-order valence-electron chi connectivity index (χ1n) is 6.19. The number of benzene rings is 1. The minimum atomic E-state index is -3.19. The molecule has 0 radical (unpaired) electrons. The predicted molar refractivity (Wildman–Crippen MR) is 79.1 cm³/mol. The van der Waals surface area contributed by atoms with Crippen molar-refractivity contribution in [2.24, 2.45) is 5.73 Å². The zero-order valence-corrected chi connectivity index (χ0v) is 12.6. The lowest BCUT2D eigenvalue weighted by Crippen LogP contribution is -2.37. The first-order valence-corrected chi connectivity index (χ1v) is 8.25. The van der Waals surface area contributed by atoms with Crippen molar-refractivity contribution in [1.82, 2.24) is 0 Å². The van der Waals surface area contributed by atoms with Crippen LogP contribution in [0, 0.1) is 6.92 Å². The van der Waals surface area contributed by atoms with Crippen molar-refractivity contribution >= 4 is 27.4 Å². The third kappa shape index (κ3) is 5.16. The summed E-state index contributed by atoms with van der Waals surface area (Å²) in [5.74, 6) is -1.83. The van der Waals surface area contributed by atoms with Crippen LogP contribution in [0.4, 0.5) is 5.69 Å². The van der Waals surface area contributed by atoms with Crippen LogP contribution < -0.4 is 11.1 Å². The second kappa shape index (κ2) is 6.68. The van der Waals surface area contributed by atoms with Crippen LogP contribution in [0.2, 0.25) is 0 Å². The highest BCUT2D eigenvalue weighted by atomic mass is 32.2. The molecule has 21 heavy (non-hydrogen) atoms. The normalized spacial score (nSPS) is 12.7. The Hall–Kier alpha value is -1.93. The minimum absolute atomic E-state index is 0.00232. The quantitative estimate of drug-likeness (QED) is 0.697. The second-order valence-electron chi connectivity index (χ2n) is 4.80. The van der Waals surface area contributed by atoms with E-state index in [0.717, 1.165) is 6.26 Å². The van der Waals surface area contributed by atoms with E-state index in [1.807, 2.05) is 0 Å². The summed E-state index contributed by atoms with van der Waals surface area (Å²) in [4.78, 5) is 22.9. The fraction of sp³-hybridized carbons (Fsp3) is 0.385. The van der Waals surface area contributed by atoms with E-state index in [1.54, 1.807) is 13.0 Å². The molecular formula is C13H18N2O5S. The van der Waals surface area contributed by atoms with Crippen LogP contribution in [0.1, 0.15) is 22.3 Å². The molecule has 0 aromatic heterocycles. The van der Waals surface area contributed by atoms with E-state index in [9.17, 15) is 18.0 Å². The van der Waals surface area contributed by atoms with E-state index in [1.165, 1.54) is 12.1 Å². The van der Waals surface area contributed by atoms with Crippen LogP contribution >= 0.6 is 0 Å². The molecule has 1 rings (SSSR count). The third-order valence-electron chi connectivity index (χ3n) is 2.96. The summed E-state index contributed by atoms with van der Waals surface area (Å²) in [5.41, 5.74) is 6.46. The highest BCUT2D eigenvalue weighted by molar-refractivity contribution is 7.90. The molecule has 0 fully saturated rings. The van der Waals surface area contributed by atoms with E-state index >= 15 is 0 Å². The van der Waals surface area contributed by atoms with E-state index in [-0.39, 0.29) is 17.7 Å². The number of rotatable bonds is 6. The fourth-order valence-electron chi connectivity index (χ4n) is 1.70. The average Bonchev–Trinajstić information content (AvgIpc) is 2.37. The molecule has 0 aliphatic rings. The summed E-state index contributed by atoms with van der Waals surface area (Å²) >= 11 is 0. The van der Waals surface area contributed by atoms with Gasteiger partial charge in [0.05, 0.1) is 17.4 Å². The summed E-state index contributed by atoms with van der Waals surface area (Å²) in [5, 5.41) is 11.5. The number of carboxylic acids is 1. The van der Waals surface area contributed by atoms with Gasteiger partial charge in [-0.1, -0.05) is 6.07 Å². The van der Waals surface area contributed by atoms with E-state index in [0.29, 0.717) is 11.3 Å². The molecule has 1 amide bonds. The average molecular weight is 314 g/mol. The molecule has 1 aromatic carbocycles. The van der Waals surface area contributed by atoms with Crippen molar-refractivity contribution in [3.8, 4) is 0 Å². The number of nitrogens with one attached hydrogen (secondary N) is 1. The Morgan fingerprint density at radius 1 is 1.38 bits per heavy atom. The van der Waals surface area contributed by atoms with E-state index in [2.05, 4.69) is 5.32 Å². The summed E-state index contributed by atoms with van der Waals surface area (Å²) in [7, 11) is -3.19. The topological polar surface area (TPSA) is 127 Å². The van der Waals surface area contributed by atoms with Crippen LogP contribution in [-0.4, -0.2) is 43.5 Å². The molecule has 1 aromatic rings. The standard InChI is InChI=1S/C13H18N2O5S/c1-8-9(13(17)18)4-3-5-11(8)15-12(16)10(14)6-7-21(2,19)20/h3-5,10H,6-7,14H2,1-2H3,(H,15,16)(H,17,18). The molecule has 8 heteroatoms.